The fourth-order valence-corrected chi connectivity index (χ4v) is 3.60. The van der Waals surface area contributed by atoms with Crippen molar-refractivity contribution in [2.24, 2.45) is 0 Å². The van der Waals surface area contributed by atoms with Crippen LogP contribution in [-0.4, -0.2) is 71.5 Å². The zero-order valence-electron chi connectivity index (χ0n) is 16.8. The number of rotatable bonds is 5. The summed E-state index contributed by atoms with van der Waals surface area (Å²) in [6.07, 6.45) is 8.50. The lowest BCUT2D eigenvalue weighted by molar-refractivity contribution is 0.0746. The summed E-state index contributed by atoms with van der Waals surface area (Å²) < 4.78 is 3.56. The van der Waals surface area contributed by atoms with E-state index in [0.29, 0.717) is 37.6 Å². The summed E-state index contributed by atoms with van der Waals surface area (Å²) in [7, 11) is 0. The van der Waals surface area contributed by atoms with E-state index < -0.39 is 0 Å². The minimum atomic E-state index is 0.0569. The zero-order chi connectivity index (χ0) is 21.0. The highest BCUT2D eigenvalue weighted by molar-refractivity contribution is 5.94. The zero-order valence-corrected chi connectivity index (χ0v) is 16.8. The minimum Gasteiger partial charge on any atom is -0.352 e. The van der Waals surface area contributed by atoms with Gasteiger partial charge in [0.25, 0.3) is 5.91 Å². The number of carbonyl (C=O) groups is 1. The molecule has 0 N–H and O–H groups in total. The molecule has 5 rings (SSSR count). The Morgan fingerprint density at radius 1 is 0.871 bits per heavy atom. The molecule has 10 nitrogen and oxygen atoms in total. The van der Waals surface area contributed by atoms with Crippen molar-refractivity contribution >= 4 is 11.7 Å². The van der Waals surface area contributed by atoms with Gasteiger partial charge >= 0.3 is 0 Å². The topological polar surface area (TPSA) is 97.9 Å². The van der Waals surface area contributed by atoms with Gasteiger partial charge in [-0.1, -0.05) is 12.1 Å². The van der Waals surface area contributed by atoms with Crippen LogP contribution in [0.2, 0.25) is 0 Å². The first kappa shape index (κ1) is 18.9. The van der Waals surface area contributed by atoms with Crippen LogP contribution in [0.15, 0.2) is 67.8 Å². The molecule has 0 saturated carbocycles. The lowest BCUT2D eigenvalue weighted by Gasteiger charge is -2.35. The SMILES string of the molecule is O=C(c1ccc(Cn2ccnc2)cc1)N1CCN(c2ccc(-n3cncn3)nn2)CC1. The Hall–Kier alpha value is -4.08. The van der Waals surface area contributed by atoms with Gasteiger partial charge in [0.2, 0.25) is 0 Å². The highest BCUT2D eigenvalue weighted by atomic mass is 16.2. The summed E-state index contributed by atoms with van der Waals surface area (Å²) in [5, 5.41) is 12.6. The van der Waals surface area contributed by atoms with Gasteiger partial charge < -0.3 is 14.4 Å². The van der Waals surface area contributed by atoms with Crippen LogP contribution in [0, 0.1) is 0 Å². The van der Waals surface area contributed by atoms with Gasteiger partial charge in [0, 0.05) is 50.7 Å². The number of anilines is 1. The molecule has 1 aliphatic heterocycles. The lowest BCUT2D eigenvalue weighted by Crippen LogP contribution is -2.49. The Morgan fingerprint density at radius 2 is 1.65 bits per heavy atom. The molecule has 0 bridgehead atoms. The molecule has 156 valence electrons. The molecule has 31 heavy (non-hydrogen) atoms. The third kappa shape index (κ3) is 4.13. The van der Waals surface area contributed by atoms with Crippen molar-refractivity contribution in [3.05, 3.63) is 78.9 Å². The summed E-state index contributed by atoms with van der Waals surface area (Å²) in [5.41, 5.74) is 1.84. The van der Waals surface area contributed by atoms with Gasteiger partial charge in [0.1, 0.15) is 12.7 Å². The van der Waals surface area contributed by atoms with Crippen LogP contribution in [0.25, 0.3) is 5.82 Å². The molecule has 4 aromatic rings. The first-order valence-corrected chi connectivity index (χ1v) is 10.0. The number of piperazine rings is 1. The molecule has 1 amide bonds. The molecule has 1 fully saturated rings. The molecule has 0 radical (unpaired) electrons. The summed E-state index contributed by atoms with van der Waals surface area (Å²) in [6, 6.07) is 11.6. The smallest absolute Gasteiger partial charge is 0.253 e. The van der Waals surface area contributed by atoms with Crippen LogP contribution in [-0.2, 0) is 6.54 Å². The fourth-order valence-electron chi connectivity index (χ4n) is 3.60. The molecule has 1 aromatic carbocycles. The Morgan fingerprint density at radius 3 is 2.29 bits per heavy atom. The fraction of sp³-hybridized carbons (Fsp3) is 0.238. The average molecular weight is 415 g/mol. The van der Waals surface area contributed by atoms with Crippen LogP contribution in [0.3, 0.4) is 0 Å². The third-order valence-corrected chi connectivity index (χ3v) is 5.31. The van der Waals surface area contributed by atoms with Crippen LogP contribution < -0.4 is 4.90 Å². The van der Waals surface area contributed by atoms with E-state index >= 15 is 0 Å². The number of carbonyl (C=O) groups excluding carboxylic acids is 1. The van der Waals surface area contributed by atoms with Crippen molar-refractivity contribution in [2.75, 3.05) is 31.1 Å². The van der Waals surface area contributed by atoms with Gasteiger partial charge in [-0.15, -0.1) is 10.2 Å². The van der Waals surface area contributed by atoms with Gasteiger partial charge in [-0.2, -0.15) is 5.10 Å². The second-order valence-electron chi connectivity index (χ2n) is 7.30. The largest absolute Gasteiger partial charge is 0.352 e. The number of aromatic nitrogens is 7. The Labute approximate surface area is 178 Å². The van der Waals surface area contributed by atoms with E-state index in [4.69, 9.17) is 0 Å². The summed E-state index contributed by atoms with van der Waals surface area (Å²) in [4.78, 5) is 24.9. The molecule has 1 aliphatic rings. The van der Waals surface area contributed by atoms with Gasteiger partial charge in [0.05, 0.1) is 6.33 Å². The van der Waals surface area contributed by atoms with Gasteiger partial charge in [-0.25, -0.2) is 14.6 Å². The Kier molecular flexibility index (Phi) is 5.09. The molecular weight excluding hydrogens is 394 g/mol. The third-order valence-electron chi connectivity index (χ3n) is 5.31. The van der Waals surface area contributed by atoms with E-state index in [1.165, 1.54) is 6.33 Å². The first-order valence-electron chi connectivity index (χ1n) is 10.0. The normalized spacial score (nSPS) is 14.1. The molecule has 3 aromatic heterocycles. The van der Waals surface area contributed by atoms with Gasteiger partial charge in [0.15, 0.2) is 11.6 Å². The maximum atomic E-state index is 12.9. The van der Waals surface area contributed by atoms with Crippen molar-refractivity contribution in [3.63, 3.8) is 0 Å². The number of hydrogen-bond donors (Lipinski definition) is 0. The molecule has 0 spiro atoms. The number of imidazole rings is 1. The number of hydrogen-bond acceptors (Lipinski definition) is 7. The van der Waals surface area contributed by atoms with Crippen LogP contribution >= 0.6 is 0 Å². The van der Waals surface area contributed by atoms with E-state index in [9.17, 15) is 4.79 Å². The van der Waals surface area contributed by atoms with Crippen molar-refractivity contribution < 1.29 is 4.79 Å². The molecule has 4 heterocycles. The van der Waals surface area contributed by atoms with Crippen LogP contribution in [0.1, 0.15) is 15.9 Å². The summed E-state index contributed by atoms with van der Waals surface area (Å²) in [5.74, 6) is 1.47. The Balaban J connectivity index is 1.18. The molecule has 10 heteroatoms. The molecule has 0 aliphatic carbocycles. The maximum Gasteiger partial charge on any atom is 0.253 e. The van der Waals surface area contributed by atoms with Crippen LogP contribution in [0.5, 0.6) is 0 Å². The molecule has 0 atom stereocenters. The second-order valence-corrected chi connectivity index (χ2v) is 7.30. The van der Waals surface area contributed by atoms with Crippen molar-refractivity contribution in [1.29, 1.82) is 0 Å². The average Bonchev–Trinajstić information content (AvgIpc) is 3.54. The number of benzene rings is 1. The number of nitrogens with zero attached hydrogens (tertiary/aromatic N) is 9. The Bertz CT molecular complexity index is 1110. The first-order chi connectivity index (χ1) is 15.3. The minimum absolute atomic E-state index is 0.0569. The second kappa shape index (κ2) is 8.34. The van der Waals surface area contributed by atoms with E-state index in [1.807, 2.05) is 52.1 Å². The van der Waals surface area contributed by atoms with Gasteiger partial charge in [-0.05, 0) is 29.8 Å². The molecule has 0 unspecified atom stereocenters. The number of amides is 1. The van der Waals surface area contributed by atoms with E-state index in [1.54, 1.807) is 23.5 Å². The highest BCUT2D eigenvalue weighted by Crippen LogP contribution is 2.16. The monoisotopic (exact) mass is 415 g/mol. The van der Waals surface area contributed by atoms with E-state index in [0.717, 1.165) is 17.9 Å². The molecular formula is C21H21N9O. The lowest BCUT2D eigenvalue weighted by atomic mass is 10.1. The maximum absolute atomic E-state index is 12.9. The van der Waals surface area contributed by atoms with E-state index in [-0.39, 0.29) is 5.91 Å². The van der Waals surface area contributed by atoms with Crippen molar-refractivity contribution in [2.45, 2.75) is 6.54 Å². The highest BCUT2D eigenvalue weighted by Gasteiger charge is 2.23. The van der Waals surface area contributed by atoms with E-state index in [2.05, 4.69) is 30.2 Å². The molecule has 1 saturated heterocycles. The predicted molar refractivity (Wildman–Crippen MR) is 113 cm³/mol. The predicted octanol–water partition coefficient (Wildman–Crippen LogP) is 1.26. The standard InChI is InChI=1S/C21H21N9O/c31-21(18-3-1-17(2-4-18)13-27-8-7-22-15-27)29-11-9-28(10-12-29)19-5-6-20(26-25-19)30-16-23-14-24-30/h1-8,14-16H,9-13H2. The summed E-state index contributed by atoms with van der Waals surface area (Å²) >= 11 is 0. The van der Waals surface area contributed by atoms with Crippen molar-refractivity contribution in [3.8, 4) is 5.82 Å². The van der Waals surface area contributed by atoms with Crippen molar-refractivity contribution in [1.82, 2.24) is 39.4 Å². The van der Waals surface area contributed by atoms with Gasteiger partial charge in [-0.3, -0.25) is 4.79 Å². The quantitative estimate of drug-likeness (QED) is 0.484. The summed E-state index contributed by atoms with van der Waals surface area (Å²) in [6.45, 7) is 3.44. The van der Waals surface area contributed by atoms with Crippen LogP contribution in [0.4, 0.5) is 5.82 Å².